The third kappa shape index (κ3) is 4.25. The summed E-state index contributed by atoms with van der Waals surface area (Å²) in [6.45, 7) is 2.74. The lowest BCUT2D eigenvalue weighted by Gasteiger charge is -2.36. The van der Waals surface area contributed by atoms with Crippen molar-refractivity contribution in [3.05, 3.63) is 59.5 Å². The van der Waals surface area contributed by atoms with Gasteiger partial charge in [0.2, 0.25) is 5.91 Å². The fourth-order valence-electron chi connectivity index (χ4n) is 3.86. The molecule has 2 amide bonds. The number of carbonyl (C=O) groups is 2. The molecule has 168 valence electrons. The van der Waals surface area contributed by atoms with E-state index in [1.165, 1.54) is 43.5 Å². The Morgan fingerprint density at radius 3 is 2.47 bits per heavy atom. The average Bonchev–Trinajstić information content (AvgIpc) is 3.05. The van der Waals surface area contributed by atoms with Gasteiger partial charge in [-0.15, -0.1) is 0 Å². The molecule has 4 rings (SSSR count). The van der Waals surface area contributed by atoms with Gasteiger partial charge in [0.15, 0.2) is 0 Å². The number of halogens is 4. The number of amides is 2. The smallest absolute Gasteiger partial charge is 0.367 e. The van der Waals surface area contributed by atoms with Crippen LogP contribution in [0.25, 0.3) is 5.57 Å². The van der Waals surface area contributed by atoms with Gasteiger partial charge in [-0.1, -0.05) is 0 Å². The largest absolute Gasteiger partial charge is 0.418 e. The first-order valence-electron chi connectivity index (χ1n) is 9.93. The Balaban J connectivity index is 1.58. The minimum Gasteiger partial charge on any atom is -0.367 e. The van der Waals surface area contributed by atoms with Gasteiger partial charge in [0, 0.05) is 56.2 Å². The summed E-state index contributed by atoms with van der Waals surface area (Å²) in [6.07, 6.45) is -3.29. The molecule has 1 fully saturated rings. The van der Waals surface area contributed by atoms with Crippen LogP contribution in [0, 0.1) is 5.82 Å². The molecule has 2 heterocycles. The topological polar surface area (TPSA) is 64.7 Å². The third-order valence-corrected chi connectivity index (χ3v) is 5.52. The number of hydrogen-bond acceptors (Lipinski definition) is 4. The average molecular weight is 448 g/mol. The van der Waals surface area contributed by atoms with Crippen LogP contribution in [0.2, 0.25) is 0 Å². The van der Waals surface area contributed by atoms with Gasteiger partial charge < -0.3 is 20.4 Å². The molecule has 2 aromatic rings. The number of anilines is 3. The molecule has 2 aliphatic rings. The van der Waals surface area contributed by atoms with Crippen LogP contribution in [-0.2, 0) is 15.8 Å². The number of hydrogen-bond donors (Lipinski definition) is 2. The minimum absolute atomic E-state index is 0.0401. The molecule has 0 atom stereocenters. The molecule has 0 spiro atoms. The highest BCUT2D eigenvalue weighted by Crippen LogP contribution is 2.39. The maximum atomic E-state index is 13.8. The fraction of sp³-hybridized carbons (Fsp3) is 0.273. The lowest BCUT2D eigenvalue weighted by atomic mass is 10.1. The Kier molecular flexibility index (Phi) is 5.53. The van der Waals surface area contributed by atoms with Crippen molar-refractivity contribution in [3.63, 3.8) is 0 Å². The predicted molar refractivity (Wildman–Crippen MR) is 113 cm³/mol. The predicted octanol–water partition coefficient (Wildman–Crippen LogP) is 3.92. The number of alkyl halides is 3. The van der Waals surface area contributed by atoms with Crippen molar-refractivity contribution in [2.45, 2.75) is 13.1 Å². The highest BCUT2D eigenvalue weighted by molar-refractivity contribution is 6.31. The van der Waals surface area contributed by atoms with Crippen LogP contribution in [0.1, 0.15) is 18.1 Å². The van der Waals surface area contributed by atoms with Crippen LogP contribution in [-0.4, -0.2) is 42.9 Å². The molecule has 2 aromatic carbocycles. The van der Waals surface area contributed by atoms with E-state index in [0.29, 0.717) is 37.4 Å². The summed E-state index contributed by atoms with van der Waals surface area (Å²) in [7, 11) is 0. The lowest BCUT2D eigenvalue weighted by molar-refractivity contribution is -0.137. The molecular formula is C22H20F4N4O2. The van der Waals surface area contributed by atoms with E-state index >= 15 is 0 Å². The molecule has 10 heteroatoms. The number of nitrogens with zero attached hydrogens (tertiary/aromatic N) is 2. The Morgan fingerprint density at radius 1 is 1.09 bits per heavy atom. The fourth-order valence-corrected chi connectivity index (χ4v) is 3.86. The van der Waals surface area contributed by atoms with E-state index in [4.69, 9.17) is 0 Å². The molecule has 0 aromatic heterocycles. The van der Waals surface area contributed by atoms with E-state index in [2.05, 4.69) is 10.6 Å². The van der Waals surface area contributed by atoms with Crippen LogP contribution in [0.3, 0.4) is 0 Å². The standard InChI is InChI=1S/C22H20F4N4O2/c1-13(31)29-6-8-30(9-7-29)20-5-3-15(11-18(20)22(24,25)26)27-12-17-16-4-2-14(23)10-19(16)28-21(17)32/h2-5,10-12,27H,6-9H2,1H3,(H,28,32)/b17-12+. The van der Waals surface area contributed by atoms with Crippen LogP contribution >= 0.6 is 0 Å². The second-order valence-electron chi connectivity index (χ2n) is 7.57. The monoisotopic (exact) mass is 448 g/mol. The lowest BCUT2D eigenvalue weighted by Crippen LogP contribution is -2.48. The van der Waals surface area contributed by atoms with Gasteiger partial charge in [0.1, 0.15) is 5.82 Å². The van der Waals surface area contributed by atoms with Gasteiger partial charge in [-0.3, -0.25) is 9.59 Å². The van der Waals surface area contributed by atoms with Crippen molar-refractivity contribution in [2.75, 3.05) is 41.7 Å². The van der Waals surface area contributed by atoms with Gasteiger partial charge in [0.25, 0.3) is 5.91 Å². The Hall–Kier alpha value is -3.56. The van der Waals surface area contributed by atoms with Crippen LogP contribution in [0.15, 0.2) is 42.6 Å². The van der Waals surface area contributed by atoms with E-state index in [9.17, 15) is 27.2 Å². The molecule has 1 saturated heterocycles. The van der Waals surface area contributed by atoms with Gasteiger partial charge in [-0.05, 0) is 36.4 Å². The summed E-state index contributed by atoms with van der Waals surface area (Å²) >= 11 is 0. The number of piperazine rings is 1. The molecule has 0 saturated carbocycles. The summed E-state index contributed by atoms with van der Waals surface area (Å²) in [4.78, 5) is 26.9. The van der Waals surface area contributed by atoms with Crippen molar-refractivity contribution in [1.29, 1.82) is 0 Å². The summed E-state index contributed by atoms with van der Waals surface area (Å²) in [5, 5.41) is 5.27. The summed E-state index contributed by atoms with van der Waals surface area (Å²) < 4.78 is 54.7. The number of benzene rings is 2. The number of carbonyl (C=O) groups excluding carboxylic acids is 2. The van der Waals surface area contributed by atoms with Gasteiger partial charge in [0.05, 0.1) is 16.8 Å². The molecule has 2 aliphatic heterocycles. The zero-order valence-electron chi connectivity index (χ0n) is 17.1. The van der Waals surface area contributed by atoms with E-state index in [1.807, 2.05) is 0 Å². The molecule has 2 N–H and O–H groups in total. The summed E-state index contributed by atoms with van der Waals surface area (Å²) in [5.41, 5.74) is 0.338. The first-order valence-corrected chi connectivity index (χ1v) is 9.93. The molecule has 0 bridgehead atoms. The number of rotatable bonds is 3. The molecule has 0 radical (unpaired) electrons. The highest BCUT2D eigenvalue weighted by Gasteiger charge is 2.36. The van der Waals surface area contributed by atoms with E-state index in [0.717, 1.165) is 6.07 Å². The van der Waals surface area contributed by atoms with Crippen molar-refractivity contribution < 1.29 is 27.2 Å². The Labute approximate surface area is 181 Å². The maximum Gasteiger partial charge on any atom is 0.418 e. The van der Waals surface area contributed by atoms with Crippen LogP contribution in [0.4, 0.5) is 34.6 Å². The number of nitrogens with one attached hydrogen (secondary N) is 2. The van der Waals surface area contributed by atoms with E-state index in [-0.39, 0.29) is 22.9 Å². The van der Waals surface area contributed by atoms with E-state index in [1.54, 1.807) is 9.80 Å². The first kappa shape index (κ1) is 21.7. The first-order chi connectivity index (χ1) is 15.1. The van der Waals surface area contributed by atoms with Crippen molar-refractivity contribution in [2.24, 2.45) is 0 Å². The van der Waals surface area contributed by atoms with Gasteiger partial charge in [-0.2, -0.15) is 13.2 Å². The molecule has 32 heavy (non-hydrogen) atoms. The Morgan fingerprint density at radius 2 is 1.81 bits per heavy atom. The third-order valence-electron chi connectivity index (χ3n) is 5.52. The van der Waals surface area contributed by atoms with Crippen molar-refractivity contribution in [3.8, 4) is 0 Å². The van der Waals surface area contributed by atoms with Gasteiger partial charge >= 0.3 is 6.18 Å². The summed E-state index contributed by atoms with van der Waals surface area (Å²) in [6, 6.07) is 7.68. The minimum atomic E-state index is -4.59. The maximum absolute atomic E-state index is 13.8. The van der Waals surface area contributed by atoms with Gasteiger partial charge in [-0.25, -0.2) is 4.39 Å². The molecular weight excluding hydrogens is 428 g/mol. The van der Waals surface area contributed by atoms with Crippen molar-refractivity contribution in [1.82, 2.24) is 4.90 Å². The van der Waals surface area contributed by atoms with Crippen LogP contribution < -0.4 is 15.5 Å². The quantitative estimate of drug-likeness (QED) is 0.552. The summed E-state index contributed by atoms with van der Waals surface area (Å²) in [5.74, 6) is -1.09. The molecule has 0 aliphatic carbocycles. The molecule has 0 unspecified atom stereocenters. The highest BCUT2D eigenvalue weighted by atomic mass is 19.4. The van der Waals surface area contributed by atoms with Crippen molar-refractivity contribution >= 4 is 34.4 Å². The van der Waals surface area contributed by atoms with E-state index < -0.39 is 23.5 Å². The number of fused-ring (bicyclic) bond motifs is 1. The molecule has 6 nitrogen and oxygen atoms in total. The van der Waals surface area contributed by atoms with Crippen LogP contribution in [0.5, 0.6) is 0 Å². The zero-order chi connectivity index (χ0) is 23.0. The SMILES string of the molecule is CC(=O)N1CCN(c2ccc(N/C=C3/C(=O)Nc4cc(F)ccc43)cc2C(F)(F)F)CC1. The second-order valence-corrected chi connectivity index (χ2v) is 7.57. The Bertz CT molecular complexity index is 1110. The zero-order valence-corrected chi connectivity index (χ0v) is 17.1. The second kappa shape index (κ2) is 8.18. The normalized spacial score (nSPS) is 17.4.